The number of amides is 1. The second-order valence-corrected chi connectivity index (χ2v) is 6.91. The Balaban J connectivity index is 1.48. The van der Waals surface area contributed by atoms with Gasteiger partial charge in [0.1, 0.15) is 24.2 Å². The summed E-state index contributed by atoms with van der Waals surface area (Å²) in [5, 5.41) is 7.45. The lowest BCUT2D eigenvalue weighted by Crippen LogP contribution is -2.35. The summed E-state index contributed by atoms with van der Waals surface area (Å²) in [4.78, 5) is 17.8. The Kier molecular flexibility index (Phi) is 5.43. The maximum Gasteiger partial charge on any atom is 0.222 e. The number of nitrogens with zero attached hydrogens (tertiary/aromatic N) is 4. The first kappa shape index (κ1) is 18.3. The Morgan fingerprint density at radius 2 is 2.04 bits per heavy atom. The minimum atomic E-state index is -0.351. The van der Waals surface area contributed by atoms with Crippen molar-refractivity contribution in [3.63, 3.8) is 0 Å². The summed E-state index contributed by atoms with van der Waals surface area (Å²) in [5.41, 5.74) is 2.31. The molecule has 1 saturated heterocycles. The van der Waals surface area contributed by atoms with Gasteiger partial charge in [0, 0.05) is 26.1 Å². The minimum Gasteiger partial charge on any atom is -0.341 e. The number of likely N-dealkylation sites (tertiary alicyclic amines) is 1. The van der Waals surface area contributed by atoms with E-state index in [1.165, 1.54) is 23.4 Å². The molecule has 1 aliphatic rings. The molecule has 1 unspecified atom stereocenters. The largest absolute Gasteiger partial charge is 0.341 e. The van der Waals surface area contributed by atoms with Gasteiger partial charge in [0.2, 0.25) is 5.91 Å². The zero-order valence-electron chi connectivity index (χ0n) is 15.5. The van der Waals surface area contributed by atoms with Crippen LogP contribution in [-0.4, -0.2) is 38.7 Å². The van der Waals surface area contributed by atoms with Crippen LogP contribution in [0.4, 0.5) is 4.39 Å². The molecule has 4 rings (SSSR count). The van der Waals surface area contributed by atoms with E-state index in [1.54, 1.807) is 6.07 Å². The number of nitrogens with one attached hydrogen (secondary N) is 1. The van der Waals surface area contributed by atoms with E-state index in [0.717, 1.165) is 24.1 Å². The fraction of sp³-hybridized carbons (Fsp3) is 0.286. The number of carbonyl (C=O) groups is 1. The molecule has 1 atom stereocenters. The number of hydrogen-bond donors (Lipinski definition) is 1. The van der Waals surface area contributed by atoms with Crippen LogP contribution >= 0.6 is 0 Å². The maximum absolute atomic E-state index is 14.5. The third-order valence-electron chi connectivity index (χ3n) is 5.01. The van der Waals surface area contributed by atoms with E-state index in [2.05, 4.69) is 15.4 Å². The van der Waals surface area contributed by atoms with Crippen LogP contribution in [0.3, 0.4) is 0 Å². The summed E-state index contributed by atoms with van der Waals surface area (Å²) < 4.78 is 15.9. The number of carbonyl (C=O) groups excluding carboxylic acids is 1. The van der Waals surface area contributed by atoms with Crippen molar-refractivity contribution in [1.82, 2.24) is 25.0 Å². The Morgan fingerprint density at radius 1 is 1.18 bits per heavy atom. The van der Waals surface area contributed by atoms with Gasteiger partial charge in [0.05, 0.1) is 6.04 Å². The van der Waals surface area contributed by atoms with Crippen molar-refractivity contribution in [3.8, 4) is 5.69 Å². The molecule has 28 heavy (non-hydrogen) atoms. The molecule has 0 spiro atoms. The molecule has 2 heterocycles. The molecule has 144 valence electrons. The highest BCUT2D eigenvalue weighted by Gasteiger charge is 2.24. The van der Waals surface area contributed by atoms with E-state index >= 15 is 0 Å². The minimum absolute atomic E-state index is 0.0127. The standard InChI is InChI=1S/C21H22FN5O/c22-18-11-16(8-9-20(18)27-15-23-14-25-27)12-24-19(17-5-2-1-3-6-17)13-26-10-4-7-21(26)28/h1-3,5-6,8-9,11,14-15,19,24H,4,7,10,12-13H2. The highest BCUT2D eigenvalue weighted by Crippen LogP contribution is 2.20. The summed E-state index contributed by atoms with van der Waals surface area (Å²) in [7, 11) is 0. The lowest BCUT2D eigenvalue weighted by atomic mass is 10.1. The quantitative estimate of drug-likeness (QED) is 0.686. The molecule has 1 amide bonds. The molecule has 1 aromatic heterocycles. The maximum atomic E-state index is 14.5. The molecule has 1 N–H and O–H groups in total. The van der Waals surface area contributed by atoms with Crippen LogP contribution in [0.2, 0.25) is 0 Å². The molecule has 0 bridgehead atoms. The molecule has 1 fully saturated rings. The highest BCUT2D eigenvalue weighted by atomic mass is 19.1. The van der Waals surface area contributed by atoms with Crippen LogP contribution in [-0.2, 0) is 11.3 Å². The van der Waals surface area contributed by atoms with E-state index < -0.39 is 0 Å². The number of benzene rings is 2. The van der Waals surface area contributed by atoms with Crippen LogP contribution in [0, 0.1) is 5.82 Å². The number of aromatic nitrogens is 3. The summed E-state index contributed by atoms with van der Waals surface area (Å²) in [6.07, 6.45) is 4.37. The van der Waals surface area contributed by atoms with E-state index in [1.807, 2.05) is 41.3 Å². The van der Waals surface area contributed by atoms with Gasteiger partial charge in [0.15, 0.2) is 0 Å². The van der Waals surface area contributed by atoms with Gasteiger partial charge >= 0.3 is 0 Å². The number of rotatable bonds is 7. The van der Waals surface area contributed by atoms with Gasteiger partial charge in [-0.1, -0.05) is 36.4 Å². The fourth-order valence-corrected chi connectivity index (χ4v) is 3.51. The Bertz CT molecular complexity index is 929. The molecule has 6 nitrogen and oxygen atoms in total. The van der Waals surface area contributed by atoms with Gasteiger partial charge in [-0.05, 0) is 29.7 Å². The lowest BCUT2D eigenvalue weighted by Gasteiger charge is -2.25. The molecule has 2 aromatic carbocycles. The average Bonchev–Trinajstić information content (AvgIpc) is 3.38. The Labute approximate surface area is 163 Å². The normalized spacial score (nSPS) is 15.2. The van der Waals surface area contributed by atoms with Crippen molar-refractivity contribution in [2.75, 3.05) is 13.1 Å². The lowest BCUT2D eigenvalue weighted by molar-refractivity contribution is -0.128. The summed E-state index contributed by atoms with van der Waals surface area (Å²) in [5.74, 6) is -0.151. The monoisotopic (exact) mass is 379 g/mol. The van der Waals surface area contributed by atoms with E-state index in [9.17, 15) is 9.18 Å². The van der Waals surface area contributed by atoms with Gasteiger partial charge in [-0.25, -0.2) is 14.1 Å². The van der Waals surface area contributed by atoms with Crippen molar-refractivity contribution in [1.29, 1.82) is 0 Å². The Hall–Kier alpha value is -3.06. The first-order valence-electron chi connectivity index (χ1n) is 9.40. The van der Waals surface area contributed by atoms with Crippen molar-refractivity contribution < 1.29 is 9.18 Å². The van der Waals surface area contributed by atoms with Crippen LogP contribution < -0.4 is 5.32 Å². The van der Waals surface area contributed by atoms with Gasteiger partial charge in [-0.3, -0.25) is 4.79 Å². The van der Waals surface area contributed by atoms with Crippen molar-refractivity contribution >= 4 is 5.91 Å². The van der Waals surface area contributed by atoms with Crippen LogP contribution in [0.5, 0.6) is 0 Å². The molecule has 0 radical (unpaired) electrons. The predicted molar refractivity (Wildman–Crippen MR) is 103 cm³/mol. The fourth-order valence-electron chi connectivity index (χ4n) is 3.51. The molecule has 0 aliphatic carbocycles. The predicted octanol–water partition coefficient (Wildman–Crippen LogP) is 2.86. The molecule has 0 saturated carbocycles. The van der Waals surface area contributed by atoms with Crippen molar-refractivity contribution in [2.24, 2.45) is 0 Å². The van der Waals surface area contributed by atoms with Gasteiger partial charge < -0.3 is 10.2 Å². The van der Waals surface area contributed by atoms with E-state index in [4.69, 9.17) is 0 Å². The second-order valence-electron chi connectivity index (χ2n) is 6.91. The molecular weight excluding hydrogens is 357 g/mol. The van der Waals surface area contributed by atoms with Gasteiger partial charge in [-0.15, -0.1) is 0 Å². The van der Waals surface area contributed by atoms with Crippen LogP contribution in [0.25, 0.3) is 5.69 Å². The zero-order valence-corrected chi connectivity index (χ0v) is 15.5. The van der Waals surface area contributed by atoms with E-state index in [-0.39, 0.29) is 17.8 Å². The highest BCUT2D eigenvalue weighted by molar-refractivity contribution is 5.78. The zero-order chi connectivity index (χ0) is 19.3. The average molecular weight is 379 g/mol. The molecule has 1 aliphatic heterocycles. The molecule has 3 aromatic rings. The number of hydrogen-bond acceptors (Lipinski definition) is 4. The molecule has 7 heteroatoms. The first-order chi connectivity index (χ1) is 13.7. The summed E-state index contributed by atoms with van der Waals surface area (Å²) in [6, 6.07) is 15.1. The second kappa shape index (κ2) is 8.31. The molecular formula is C21H22FN5O. The number of halogens is 1. The van der Waals surface area contributed by atoms with Crippen LogP contribution in [0.15, 0.2) is 61.2 Å². The van der Waals surface area contributed by atoms with E-state index in [0.29, 0.717) is 25.2 Å². The van der Waals surface area contributed by atoms with Crippen LogP contribution in [0.1, 0.15) is 30.0 Å². The summed E-state index contributed by atoms with van der Waals surface area (Å²) >= 11 is 0. The SMILES string of the molecule is O=C1CCCN1CC(NCc1ccc(-n2cncn2)c(F)c1)c1ccccc1. The summed E-state index contributed by atoms with van der Waals surface area (Å²) in [6.45, 7) is 1.91. The third-order valence-corrected chi connectivity index (χ3v) is 5.01. The van der Waals surface area contributed by atoms with Gasteiger partial charge in [0.25, 0.3) is 0 Å². The first-order valence-corrected chi connectivity index (χ1v) is 9.40. The smallest absolute Gasteiger partial charge is 0.222 e. The topological polar surface area (TPSA) is 63.1 Å². The van der Waals surface area contributed by atoms with Gasteiger partial charge in [-0.2, -0.15) is 5.10 Å². The van der Waals surface area contributed by atoms with Crippen molar-refractivity contribution in [3.05, 3.63) is 78.1 Å². The Morgan fingerprint density at radius 3 is 2.71 bits per heavy atom. The third kappa shape index (κ3) is 4.09. The van der Waals surface area contributed by atoms with Crippen molar-refractivity contribution in [2.45, 2.75) is 25.4 Å².